The molecular formula is C21H21NO8. The van der Waals surface area contributed by atoms with Crippen LogP contribution in [-0.2, 0) is 32.1 Å². The molecule has 1 fully saturated rings. The predicted molar refractivity (Wildman–Crippen MR) is 102 cm³/mol. The fraction of sp³-hybridized carbons (Fsp3) is 0.381. The van der Waals surface area contributed by atoms with Gasteiger partial charge >= 0.3 is 0 Å². The van der Waals surface area contributed by atoms with Gasteiger partial charge in [-0.05, 0) is 36.0 Å². The number of benzene rings is 1. The number of aromatic hydroxyl groups is 1. The van der Waals surface area contributed by atoms with Gasteiger partial charge < -0.3 is 30.9 Å². The maximum absolute atomic E-state index is 13.3. The predicted octanol–water partition coefficient (Wildman–Crippen LogP) is 0.570. The van der Waals surface area contributed by atoms with E-state index in [1.165, 1.54) is 13.2 Å². The minimum Gasteiger partial charge on any atom is -0.508 e. The Kier molecular flexibility index (Phi) is 4.48. The zero-order valence-corrected chi connectivity index (χ0v) is 16.1. The number of ketones is 2. The van der Waals surface area contributed by atoms with Gasteiger partial charge in [-0.25, -0.2) is 0 Å². The van der Waals surface area contributed by atoms with Gasteiger partial charge in [-0.1, -0.05) is 6.07 Å². The molecule has 0 unspecified atom stereocenters. The summed E-state index contributed by atoms with van der Waals surface area (Å²) < 4.78 is 5.18. The molecule has 0 bridgehead atoms. The minimum absolute atomic E-state index is 0.0664. The fourth-order valence-electron chi connectivity index (χ4n) is 4.98. The number of aliphatic hydroxyl groups is 3. The summed E-state index contributed by atoms with van der Waals surface area (Å²) in [7, 11) is 1.51. The number of aliphatic hydroxyl groups excluding tert-OH is 2. The van der Waals surface area contributed by atoms with E-state index in [2.05, 4.69) is 0 Å². The Morgan fingerprint density at radius 3 is 2.57 bits per heavy atom. The highest BCUT2D eigenvalue weighted by Crippen LogP contribution is 2.52. The fourth-order valence-corrected chi connectivity index (χ4v) is 4.98. The molecule has 158 valence electrons. The number of rotatable bonds is 3. The van der Waals surface area contributed by atoms with Crippen LogP contribution >= 0.6 is 0 Å². The van der Waals surface area contributed by atoms with Crippen LogP contribution in [0.2, 0.25) is 0 Å². The third-order valence-corrected chi connectivity index (χ3v) is 6.34. The zero-order chi connectivity index (χ0) is 22.0. The second-order valence-corrected chi connectivity index (χ2v) is 7.94. The van der Waals surface area contributed by atoms with Crippen molar-refractivity contribution >= 4 is 23.2 Å². The molecule has 3 aliphatic rings. The molecule has 9 heteroatoms. The average Bonchev–Trinajstić information content (AvgIpc) is 2.66. The number of carbonyl (C=O) groups excluding carboxylic acids is 3. The number of methoxy groups -OCH3 is 1. The van der Waals surface area contributed by atoms with Gasteiger partial charge in [-0.2, -0.15) is 0 Å². The van der Waals surface area contributed by atoms with Crippen LogP contribution in [0.4, 0.5) is 0 Å². The number of nitrogens with two attached hydrogens (primary N) is 1. The number of hydrogen-bond acceptors (Lipinski definition) is 8. The molecule has 0 heterocycles. The number of carbonyl (C=O) groups is 3. The van der Waals surface area contributed by atoms with Crippen LogP contribution < -0.4 is 5.73 Å². The van der Waals surface area contributed by atoms with Crippen molar-refractivity contribution in [2.24, 2.45) is 17.6 Å². The molecule has 0 radical (unpaired) electrons. The SMILES string of the molecule is COCc1ccc(O)c2c1C[C@H]1C[C@H]3CC(=O)C(C(N)=O)=C(O)[C@@]3(O)C(=O)C1=C2O. The van der Waals surface area contributed by atoms with Gasteiger partial charge in [0.25, 0.3) is 5.91 Å². The van der Waals surface area contributed by atoms with E-state index in [-0.39, 0.29) is 42.8 Å². The average molecular weight is 415 g/mol. The minimum atomic E-state index is -2.55. The van der Waals surface area contributed by atoms with Crippen molar-refractivity contribution in [2.45, 2.75) is 31.5 Å². The van der Waals surface area contributed by atoms with E-state index in [0.29, 0.717) is 5.56 Å². The Balaban J connectivity index is 1.92. The molecule has 0 spiro atoms. The first-order valence-electron chi connectivity index (χ1n) is 9.42. The van der Waals surface area contributed by atoms with Crippen molar-refractivity contribution in [1.29, 1.82) is 0 Å². The topological polar surface area (TPSA) is 167 Å². The summed E-state index contributed by atoms with van der Waals surface area (Å²) >= 11 is 0. The Morgan fingerprint density at radius 1 is 1.23 bits per heavy atom. The lowest BCUT2D eigenvalue weighted by Gasteiger charge is -2.46. The van der Waals surface area contributed by atoms with Crippen molar-refractivity contribution in [3.8, 4) is 5.75 Å². The Labute approximate surface area is 171 Å². The van der Waals surface area contributed by atoms with E-state index in [0.717, 1.165) is 5.56 Å². The molecule has 3 aliphatic carbocycles. The number of fused-ring (bicyclic) bond motifs is 3. The molecule has 0 aromatic heterocycles. The smallest absolute Gasteiger partial charge is 0.255 e. The maximum atomic E-state index is 13.3. The van der Waals surface area contributed by atoms with Crippen LogP contribution in [0.1, 0.15) is 29.5 Å². The largest absolute Gasteiger partial charge is 0.508 e. The number of amides is 1. The first-order valence-corrected chi connectivity index (χ1v) is 9.42. The van der Waals surface area contributed by atoms with Crippen molar-refractivity contribution in [1.82, 2.24) is 0 Å². The molecule has 1 amide bonds. The molecule has 4 rings (SSSR count). The summed E-state index contributed by atoms with van der Waals surface area (Å²) in [4.78, 5) is 37.2. The second-order valence-electron chi connectivity index (χ2n) is 7.94. The second kappa shape index (κ2) is 6.68. The molecule has 0 saturated heterocycles. The van der Waals surface area contributed by atoms with E-state index in [1.54, 1.807) is 6.07 Å². The Morgan fingerprint density at radius 2 is 1.93 bits per heavy atom. The number of hydrogen-bond donors (Lipinski definition) is 5. The van der Waals surface area contributed by atoms with Gasteiger partial charge in [0.05, 0.1) is 12.2 Å². The molecule has 1 aromatic rings. The third kappa shape index (κ3) is 2.52. The zero-order valence-electron chi connectivity index (χ0n) is 16.1. The van der Waals surface area contributed by atoms with Crippen LogP contribution in [0.15, 0.2) is 29.0 Å². The number of phenols is 1. The molecule has 1 aromatic carbocycles. The van der Waals surface area contributed by atoms with Crippen LogP contribution in [-0.4, -0.2) is 50.6 Å². The lowest BCUT2D eigenvalue weighted by atomic mass is 9.59. The molecule has 30 heavy (non-hydrogen) atoms. The summed E-state index contributed by atoms with van der Waals surface area (Å²) in [6, 6.07) is 3.03. The summed E-state index contributed by atoms with van der Waals surface area (Å²) in [6.45, 7) is 0.225. The normalized spacial score (nSPS) is 28.2. The monoisotopic (exact) mass is 415 g/mol. The van der Waals surface area contributed by atoms with Gasteiger partial charge in [0.1, 0.15) is 22.8 Å². The van der Waals surface area contributed by atoms with Gasteiger partial charge in [-0.3, -0.25) is 14.4 Å². The number of primary amides is 1. The van der Waals surface area contributed by atoms with Gasteiger partial charge in [-0.15, -0.1) is 0 Å². The summed E-state index contributed by atoms with van der Waals surface area (Å²) in [5.74, 6) is -6.35. The van der Waals surface area contributed by atoms with Gasteiger partial charge in [0, 0.05) is 25.0 Å². The lowest BCUT2D eigenvalue weighted by Crippen LogP contribution is -2.58. The molecule has 9 nitrogen and oxygen atoms in total. The quantitative estimate of drug-likeness (QED) is 0.447. The molecule has 0 aliphatic heterocycles. The van der Waals surface area contributed by atoms with Crippen LogP contribution in [0.25, 0.3) is 5.76 Å². The van der Waals surface area contributed by atoms with Crippen LogP contribution in [0.5, 0.6) is 5.75 Å². The van der Waals surface area contributed by atoms with E-state index in [4.69, 9.17) is 10.5 Å². The van der Waals surface area contributed by atoms with E-state index >= 15 is 0 Å². The third-order valence-electron chi connectivity index (χ3n) is 6.34. The highest BCUT2D eigenvalue weighted by Gasteiger charge is 2.60. The standard InChI is InChI=1S/C21H21NO8/c1-30-7-8-2-3-12(23)15-11(8)5-9-4-10-6-13(24)16(20(22)28)19(27)21(10,29)18(26)14(9)17(15)25/h2-3,9-10,23,25,27,29H,4-7H2,1H3,(H2,22,28)/t9-,10+,21+/m1/s1. The summed E-state index contributed by atoms with van der Waals surface area (Å²) in [5.41, 5.74) is 3.05. The van der Waals surface area contributed by atoms with Crippen molar-refractivity contribution in [3.05, 3.63) is 45.7 Å². The first kappa shape index (κ1) is 20.1. The van der Waals surface area contributed by atoms with E-state index in [9.17, 15) is 34.8 Å². The highest BCUT2D eigenvalue weighted by atomic mass is 16.5. The van der Waals surface area contributed by atoms with Crippen molar-refractivity contribution in [3.63, 3.8) is 0 Å². The molecular weight excluding hydrogens is 394 g/mol. The number of phenolic OH excluding ortho intramolecular Hbond substituents is 1. The van der Waals surface area contributed by atoms with Gasteiger partial charge in [0.2, 0.25) is 5.78 Å². The van der Waals surface area contributed by atoms with E-state index < -0.39 is 52.0 Å². The van der Waals surface area contributed by atoms with Crippen LogP contribution in [0, 0.1) is 11.8 Å². The number of Topliss-reactive ketones (excluding diaryl/α,β-unsaturated/α-hetero) is 2. The van der Waals surface area contributed by atoms with Gasteiger partial charge in [0.15, 0.2) is 11.4 Å². The van der Waals surface area contributed by atoms with Crippen molar-refractivity contribution < 1.29 is 39.5 Å². The van der Waals surface area contributed by atoms with Crippen molar-refractivity contribution in [2.75, 3.05) is 7.11 Å². The molecule has 1 saturated carbocycles. The Hall–Kier alpha value is -3.17. The lowest BCUT2D eigenvalue weighted by molar-refractivity contribution is -0.147. The Bertz CT molecular complexity index is 1070. The first-order chi connectivity index (χ1) is 14.1. The molecule has 6 N–H and O–H groups in total. The number of ether oxygens (including phenoxy) is 1. The van der Waals surface area contributed by atoms with E-state index in [1.807, 2.05) is 0 Å². The summed E-state index contributed by atoms with van der Waals surface area (Å²) in [5, 5.41) is 42.9. The highest BCUT2D eigenvalue weighted by molar-refractivity contribution is 6.22. The maximum Gasteiger partial charge on any atom is 0.255 e. The molecule has 3 atom stereocenters. The summed E-state index contributed by atoms with van der Waals surface area (Å²) in [6.07, 6.45) is 0.0272. The van der Waals surface area contributed by atoms with Crippen LogP contribution in [0.3, 0.4) is 0 Å².